The van der Waals surface area contributed by atoms with Gasteiger partial charge in [0, 0.05) is 36.1 Å². The molecule has 0 unspecified atom stereocenters. The van der Waals surface area contributed by atoms with Gasteiger partial charge in [0.15, 0.2) is 24.8 Å². The van der Waals surface area contributed by atoms with Gasteiger partial charge in [-0.1, -0.05) is 24.3 Å². The molecule has 146 valence electrons. The summed E-state index contributed by atoms with van der Waals surface area (Å²) in [5.74, 6) is 0. The van der Waals surface area contributed by atoms with Crippen molar-refractivity contribution in [2.24, 2.45) is 0 Å². The highest BCUT2D eigenvalue weighted by molar-refractivity contribution is 5.27. The van der Waals surface area contributed by atoms with E-state index < -0.39 is 0 Å². The zero-order chi connectivity index (χ0) is 19.9. The van der Waals surface area contributed by atoms with Crippen LogP contribution in [0.5, 0.6) is 0 Å². The summed E-state index contributed by atoms with van der Waals surface area (Å²) in [7, 11) is 0. The van der Waals surface area contributed by atoms with E-state index in [1.165, 1.54) is 46.2 Å². The molecule has 0 spiro atoms. The van der Waals surface area contributed by atoms with Crippen molar-refractivity contribution in [2.75, 3.05) is 0 Å². The van der Waals surface area contributed by atoms with Crippen molar-refractivity contribution in [2.45, 2.75) is 66.5 Å². The van der Waals surface area contributed by atoms with Crippen LogP contribution in [-0.2, 0) is 25.9 Å². The molecule has 28 heavy (non-hydrogen) atoms. The standard InChI is InChI=1S/C26H34N2/c1-21-13-17-27(19-23(21)3)15-7-11-25-9-5-6-10-26(25)12-8-16-28-18-14-22(2)24(4)20-28/h5-6,9-10,13-14,17-20H,7-8,11-12,15-16H2,1-4H3/q+2. The topological polar surface area (TPSA) is 7.76 Å². The Kier molecular flexibility index (Phi) is 6.97. The molecule has 0 amide bonds. The number of pyridine rings is 2. The van der Waals surface area contributed by atoms with Crippen molar-refractivity contribution in [3.63, 3.8) is 0 Å². The fourth-order valence-corrected chi connectivity index (χ4v) is 3.69. The molecule has 3 rings (SSSR count). The minimum Gasteiger partial charge on any atom is -0.205 e. The lowest BCUT2D eigenvalue weighted by atomic mass is 9.99. The summed E-state index contributed by atoms with van der Waals surface area (Å²) in [4.78, 5) is 0. The Bertz CT molecular complexity index is 851. The molecule has 2 heteroatoms. The van der Waals surface area contributed by atoms with E-state index >= 15 is 0 Å². The minimum atomic E-state index is 1.08. The second-order valence-corrected chi connectivity index (χ2v) is 8.07. The Labute approximate surface area is 170 Å². The lowest BCUT2D eigenvalue weighted by Crippen LogP contribution is -2.33. The molecule has 1 aromatic carbocycles. The SMILES string of the molecule is Cc1cc[n+](CCCc2ccccc2CCC[n+]2ccc(C)c(C)c2)cc1C. The molecule has 0 saturated heterocycles. The van der Waals surface area contributed by atoms with Crippen molar-refractivity contribution in [1.82, 2.24) is 0 Å². The summed E-state index contributed by atoms with van der Waals surface area (Å²) in [5.41, 5.74) is 8.49. The third-order valence-electron chi connectivity index (χ3n) is 5.84. The summed E-state index contributed by atoms with van der Waals surface area (Å²) < 4.78 is 4.64. The smallest absolute Gasteiger partial charge is 0.171 e. The highest BCUT2D eigenvalue weighted by Gasteiger charge is 2.08. The van der Waals surface area contributed by atoms with Crippen LogP contribution in [-0.4, -0.2) is 0 Å². The number of rotatable bonds is 8. The van der Waals surface area contributed by atoms with Gasteiger partial charge in [0.25, 0.3) is 0 Å². The van der Waals surface area contributed by atoms with E-state index in [0.717, 1.165) is 25.9 Å². The minimum absolute atomic E-state index is 1.08. The molecule has 2 nitrogen and oxygen atoms in total. The van der Waals surface area contributed by atoms with Crippen LogP contribution >= 0.6 is 0 Å². The molecule has 0 saturated carbocycles. The van der Waals surface area contributed by atoms with E-state index in [4.69, 9.17) is 0 Å². The Hall–Kier alpha value is -2.48. The molecule has 2 heterocycles. The molecule has 0 bridgehead atoms. The van der Waals surface area contributed by atoms with Gasteiger partial charge in [-0.3, -0.25) is 0 Å². The summed E-state index contributed by atoms with van der Waals surface area (Å²) in [6.07, 6.45) is 13.6. The highest BCUT2D eigenvalue weighted by Crippen LogP contribution is 2.14. The van der Waals surface area contributed by atoms with Crippen LogP contribution in [0, 0.1) is 27.7 Å². The maximum Gasteiger partial charge on any atom is 0.171 e. The molecule has 0 atom stereocenters. The average Bonchev–Trinajstić information content (AvgIpc) is 2.68. The van der Waals surface area contributed by atoms with Crippen LogP contribution < -0.4 is 9.13 Å². The maximum absolute atomic E-state index is 2.32. The van der Waals surface area contributed by atoms with Gasteiger partial charge in [0.05, 0.1) is 0 Å². The molecule has 0 N–H and O–H groups in total. The van der Waals surface area contributed by atoms with Gasteiger partial charge in [-0.25, -0.2) is 9.13 Å². The number of aryl methyl sites for hydroxylation is 8. The van der Waals surface area contributed by atoms with E-state index in [9.17, 15) is 0 Å². The molecule has 0 aliphatic heterocycles. The molecular weight excluding hydrogens is 340 g/mol. The van der Waals surface area contributed by atoms with Crippen LogP contribution in [0.2, 0.25) is 0 Å². The van der Waals surface area contributed by atoms with Gasteiger partial charge < -0.3 is 0 Å². The summed E-state index contributed by atoms with van der Waals surface area (Å²) in [6, 6.07) is 13.4. The first kappa shape index (κ1) is 20.3. The van der Waals surface area contributed by atoms with Crippen molar-refractivity contribution in [3.05, 3.63) is 94.6 Å². The summed E-state index contributed by atoms with van der Waals surface area (Å²) in [5, 5.41) is 0. The van der Waals surface area contributed by atoms with Gasteiger partial charge in [0.1, 0.15) is 13.1 Å². The largest absolute Gasteiger partial charge is 0.205 e. The molecule has 0 radical (unpaired) electrons. The Morgan fingerprint density at radius 1 is 0.571 bits per heavy atom. The number of hydrogen-bond acceptors (Lipinski definition) is 0. The molecule has 0 fully saturated rings. The first-order valence-electron chi connectivity index (χ1n) is 10.5. The summed E-state index contributed by atoms with van der Waals surface area (Å²) in [6.45, 7) is 10.9. The lowest BCUT2D eigenvalue weighted by molar-refractivity contribution is -0.697. The number of nitrogens with zero attached hydrogens (tertiary/aromatic N) is 2. The van der Waals surface area contributed by atoms with Gasteiger partial charge in [-0.2, -0.15) is 0 Å². The van der Waals surface area contributed by atoms with Crippen molar-refractivity contribution in [3.8, 4) is 0 Å². The van der Waals surface area contributed by atoms with Gasteiger partial charge >= 0.3 is 0 Å². The van der Waals surface area contributed by atoms with Crippen LogP contribution in [0.4, 0.5) is 0 Å². The normalized spacial score (nSPS) is 11.0. The summed E-state index contributed by atoms with van der Waals surface area (Å²) >= 11 is 0. The van der Waals surface area contributed by atoms with E-state index in [2.05, 4.69) is 98.0 Å². The fraction of sp³-hybridized carbons (Fsp3) is 0.385. The molecule has 3 aromatic rings. The first-order valence-corrected chi connectivity index (χ1v) is 10.5. The van der Waals surface area contributed by atoms with E-state index in [1.807, 2.05) is 0 Å². The lowest BCUT2D eigenvalue weighted by Gasteiger charge is -2.08. The second-order valence-electron chi connectivity index (χ2n) is 8.07. The quantitative estimate of drug-likeness (QED) is 0.502. The van der Waals surface area contributed by atoms with Gasteiger partial charge in [-0.15, -0.1) is 0 Å². The van der Waals surface area contributed by atoms with Gasteiger partial charge in [0.2, 0.25) is 0 Å². The fourth-order valence-electron chi connectivity index (χ4n) is 3.69. The number of benzene rings is 1. The van der Waals surface area contributed by atoms with Crippen LogP contribution in [0.15, 0.2) is 61.2 Å². The highest BCUT2D eigenvalue weighted by atomic mass is 14.9. The Morgan fingerprint density at radius 2 is 1.00 bits per heavy atom. The van der Waals surface area contributed by atoms with Crippen LogP contribution in [0.1, 0.15) is 46.2 Å². The Balaban J connectivity index is 1.53. The number of aromatic nitrogens is 2. The van der Waals surface area contributed by atoms with Crippen LogP contribution in [0.3, 0.4) is 0 Å². The van der Waals surface area contributed by atoms with E-state index in [0.29, 0.717) is 0 Å². The van der Waals surface area contributed by atoms with Crippen molar-refractivity contribution in [1.29, 1.82) is 0 Å². The predicted octanol–water partition coefficient (Wildman–Crippen LogP) is 4.76. The average molecular weight is 375 g/mol. The second kappa shape index (κ2) is 9.64. The predicted molar refractivity (Wildman–Crippen MR) is 115 cm³/mol. The maximum atomic E-state index is 2.32. The molecule has 0 aliphatic carbocycles. The zero-order valence-corrected chi connectivity index (χ0v) is 17.9. The van der Waals surface area contributed by atoms with Gasteiger partial charge in [-0.05, 0) is 62.8 Å². The molecular formula is C26H34N2+2. The van der Waals surface area contributed by atoms with Crippen LogP contribution in [0.25, 0.3) is 0 Å². The first-order chi connectivity index (χ1) is 13.5. The van der Waals surface area contributed by atoms with E-state index in [-0.39, 0.29) is 0 Å². The molecule has 2 aromatic heterocycles. The Morgan fingerprint density at radius 3 is 1.39 bits per heavy atom. The van der Waals surface area contributed by atoms with Crippen molar-refractivity contribution >= 4 is 0 Å². The van der Waals surface area contributed by atoms with Crippen molar-refractivity contribution < 1.29 is 9.13 Å². The molecule has 0 aliphatic rings. The third-order valence-corrected chi connectivity index (χ3v) is 5.84. The monoisotopic (exact) mass is 374 g/mol. The number of hydrogen-bond donors (Lipinski definition) is 0. The zero-order valence-electron chi connectivity index (χ0n) is 17.9. The van der Waals surface area contributed by atoms with E-state index in [1.54, 1.807) is 0 Å². The third kappa shape index (κ3) is 5.51.